The average molecular weight is 436 g/mol. The largest absolute Gasteiger partial charge is 0.357 e. The van der Waals surface area contributed by atoms with E-state index in [0.29, 0.717) is 36.9 Å². The van der Waals surface area contributed by atoms with Crippen LogP contribution in [0.15, 0.2) is 54.6 Å². The number of carbonyl (C=O) groups excluding carboxylic acids is 4. The molecule has 1 heterocycles. The van der Waals surface area contributed by atoms with Gasteiger partial charge in [-0.25, -0.2) is 0 Å². The lowest BCUT2D eigenvalue weighted by molar-refractivity contribution is -0.140. The number of likely N-dealkylation sites (N-methyl/N-ethyl adjacent to an activating group) is 1. The van der Waals surface area contributed by atoms with E-state index in [1.165, 1.54) is 4.90 Å². The second-order valence-electron chi connectivity index (χ2n) is 7.77. The predicted octanol–water partition coefficient (Wildman–Crippen LogP) is 2.66. The Kier molecular flexibility index (Phi) is 7.76. The van der Waals surface area contributed by atoms with E-state index in [9.17, 15) is 19.2 Å². The van der Waals surface area contributed by atoms with E-state index in [-0.39, 0.29) is 36.6 Å². The van der Waals surface area contributed by atoms with E-state index < -0.39 is 6.04 Å². The Labute approximate surface area is 188 Å². The first-order chi connectivity index (χ1) is 15.5. The van der Waals surface area contributed by atoms with Crippen molar-refractivity contribution in [3.8, 4) is 0 Å². The van der Waals surface area contributed by atoms with Gasteiger partial charge in [-0.1, -0.05) is 49.4 Å². The van der Waals surface area contributed by atoms with Crippen molar-refractivity contribution in [1.82, 2.24) is 15.1 Å². The van der Waals surface area contributed by atoms with E-state index in [1.54, 1.807) is 36.2 Å². The molecule has 168 valence electrons. The summed E-state index contributed by atoms with van der Waals surface area (Å²) >= 11 is 0. The molecule has 7 nitrogen and oxygen atoms in total. The van der Waals surface area contributed by atoms with Crippen LogP contribution in [0, 0.1) is 0 Å². The number of rotatable bonds is 10. The van der Waals surface area contributed by atoms with Crippen LogP contribution in [0.2, 0.25) is 0 Å². The zero-order chi connectivity index (χ0) is 23.1. The highest BCUT2D eigenvalue weighted by Gasteiger charge is 2.35. The minimum absolute atomic E-state index is 0.149. The lowest BCUT2D eigenvalue weighted by atomic mass is 10.1. The summed E-state index contributed by atoms with van der Waals surface area (Å²) < 4.78 is 0. The number of nitrogens with zero attached hydrogens (tertiary/aromatic N) is 2. The first kappa shape index (κ1) is 23.2. The molecule has 0 aliphatic carbocycles. The quantitative estimate of drug-likeness (QED) is 0.582. The van der Waals surface area contributed by atoms with Crippen molar-refractivity contribution in [2.45, 2.75) is 38.6 Å². The first-order valence-electron chi connectivity index (χ1n) is 11.0. The maximum Gasteiger partial charge on any atom is 0.261 e. The van der Waals surface area contributed by atoms with Gasteiger partial charge in [0.2, 0.25) is 11.8 Å². The second kappa shape index (κ2) is 10.7. The zero-order valence-electron chi connectivity index (χ0n) is 18.5. The van der Waals surface area contributed by atoms with Crippen molar-refractivity contribution in [2.75, 3.05) is 20.1 Å². The summed E-state index contributed by atoms with van der Waals surface area (Å²) in [6.45, 7) is 2.46. The summed E-state index contributed by atoms with van der Waals surface area (Å²) in [6, 6.07) is 16.0. The summed E-state index contributed by atoms with van der Waals surface area (Å²) in [5, 5.41) is 2.64. The van der Waals surface area contributed by atoms with Gasteiger partial charge in [0.1, 0.15) is 6.04 Å². The van der Waals surface area contributed by atoms with E-state index in [1.807, 2.05) is 37.3 Å². The van der Waals surface area contributed by atoms with Crippen LogP contribution < -0.4 is 5.32 Å². The van der Waals surface area contributed by atoms with E-state index in [4.69, 9.17) is 0 Å². The van der Waals surface area contributed by atoms with Gasteiger partial charge in [-0.2, -0.15) is 0 Å². The molecule has 0 aromatic heterocycles. The molecule has 0 radical (unpaired) electrons. The van der Waals surface area contributed by atoms with Gasteiger partial charge < -0.3 is 10.2 Å². The van der Waals surface area contributed by atoms with Gasteiger partial charge in [0.25, 0.3) is 11.8 Å². The molecule has 1 aliphatic rings. The van der Waals surface area contributed by atoms with Crippen molar-refractivity contribution < 1.29 is 19.2 Å². The van der Waals surface area contributed by atoms with E-state index >= 15 is 0 Å². The van der Waals surface area contributed by atoms with Crippen LogP contribution in [0.1, 0.15) is 52.5 Å². The molecule has 0 saturated carbocycles. The first-order valence-corrected chi connectivity index (χ1v) is 11.0. The van der Waals surface area contributed by atoms with Gasteiger partial charge in [-0.15, -0.1) is 0 Å². The Hall–Kier alpha value is -3.48. The summed E-state index contributed by atoms with van der Waals surface area (Å²) in [7, 11) is 1.56. The Bertz CT molecular complexity index is 955. The Balaban J connectivity index is 1.63. The van der Waals surface area contributed by atoms with Crippen LogP contribution in [0.4, 0.5) is 0 Å². The third kappa shape index (κ3) is 5.04. The smallest absolute Gasteiger partial charge is 0.261 e. The third-order valence-corrected chi connectivity index (χ3v) is 5.77. The summed E-state index contributed by atoms with van der Waals surface area (Å²) in [5.74, 6) is -1.01. The van der Waals surface area contributed by atoms with Gasteiger partial charge in [-0.3, -0.25) is 24.1 Å². The molecule has 1 atom stereocenters. The van der Waals surface area contributed by atoms with Crippen molar-refractivity contribution >= 4 is 23.6 Å². The number of benzene rings is 2. The standard InChI is InChI=1S/C25H29N3O4/c1-3-21(23(30)26-2)27(17-15-18-10-5-4-6-11-18)22(29)14-9-16-28-24(31)19-12-7-8-13-20(19)25(28)32/h4-8,10-13,21H,3,9,14-17H2,1-2H3,(H,26,30)/t21-/m1/s1. The molecule has 4 amide bonds. The highest BCUT2D eigenvalue weighted by atomic mass is 16.2. The zero-order valence-corrected chi connectivity index (χ0v) is 18.5. The maximum atomic E-state index is 13.1. The minimum atomic E-state index is -0.560. The highest BCUT2D eigenvalue weighted by molar-refractivity contribution is 6.21. The van der Waals surface area contributed by atoms with E-state index in [0.717, 1.165) is 5.56 Å². The van der Waals surface area contributed by atoms with Crippen molar-refractivity contribution in [1.29, 1.82) is 0 Å². The average Bonchev–Trinajstić information content (AvgIpc) is 3.06. The number of amides is 4. The fourth-order valence-corrected chi connectivity index (χ4v) is 4.04. The number of carbonyl (C=O) groups is 4. The normalized spacial score (nSPS) is 13.6. The second-order valence-corrected chi connectivity index (χ2v) is 7.77. The van der Waals surface area contributed by atoms with Crippen LogP contribution in [-0.4, -0.2) is 59.6 Å². The monoisotopic (exact) mass is 435 g/mol. The minimum Gasteiger partial charge on any atom is -0.357 e. The Morgan fingerprint density at radius 1 is 0.969 bits per heavy atom. The molecular formula is C25H29N3O4. The molecule has 0 spiro atoms. The van der Waals surface area contributed by atoms with E-state index in [2.05, 4.69) is 5.32 Å². The molecule has 0 fully saturated rings. The SMILES string of the molecule is CC[C@H](C(=O)NC)N(CCc1ccccc1)C(=O)CCCN1C(=O)c2ccccc2C1=O. The molecular weight excluding hydrogens is 406 g/mol. The Morgan fingerprint density at radius 2 is 1.56 bits per heavy atom. The van der Waals surface area contributed by atoms with Gasteiger partial charge >= 0.3 is 0 Å². The van der Waals surface area contributed by atoms with Crippen LogP contribution in [0.25, 0.3) is 0 Å². The lowest BCUT2D eigenvalue weighted by Gasteiger charge is -2.30. The third-order valence-electron chi connectivity index (χ3n) is 5.77. The fourth-order valence-electron chi connectivity index (χ4n) is 4.04. The summed E-state index contributed by atoms with van der Waals surface area (Å²) in [5.41, 5.74) is 1.89. The van der Waals surface area contributed by atoms with Crippen LogP contribution in [0.3, 0.4) is 0 Å². The number of fused-ring (bicyclic) bond motifs is 1. The summed E-state index contributed by atoms with van der Waals surface area (Å²) in [6.07, 6.45) is 1.63. The molecule has 3 rings (SSSR count). The number of hydrogen-bond donors (Lipinski definition) is 1. The van der Waals surface area contributed by atoms with Crippen molar-refractivity contribution in [3.05, 3.63) is 71.3 Å². The molecule has 2 aromatic rings. The van der Waals surface area contributed by atoms with Gasteiger partial charge in [0.05, 0.1) is 11.1 Å². The number of hydrogen-bond acceptors (Lipinski definition) is 4. The number of nitrogens with one attached hydrogen (secondary N) is 1. The van der Waals surface area contributed by atoms with Crippen molar-refractivity contribution in [3.63, 3.8) is 0 Å². The molecule has 0 unspecified atom stereocenters. The van der Waals surface area contributed by atoms with Gasteiger partial charge in [0.15, 0.2) is 0 Å². The van der Waals surface area contributed by atoms with Crippen LogP contribution in [0.5, 0.6) is 0 Å². The summed E-state index contributed by atoms with van der Waals surface area (Å²) in [4.78, 5) is 53.3. The predicted molar refractivity (Wildman–Crippen MR) is 121 cm³/mol. The van der Waals surface area contributed by atoms with Crippen LogP contribution in [-0.2, 0) is 16.0 Å². The number of imide groups is 1. The molecule has 0 bridgehead atoms. The fraction of sp³-hybridized carbons (Fsp3) is 0.360. The topological polar surface area (TPSA) is 86.8 Å². The molecule has 32 heavy (non-hydrogen) atoms. The maximum absolute atomic E-state index is 13.1. The Morgan fingerprint density at radius 3 is 2.12 bits per heavy atom. The van der Waals surface area contributed by atoms with Gasteiger partial charge in [-0.05, 0) is 37.0 Å². The molecule has 1 N–H and O–H groups in total. The van der Waals surface area contributed by atoms with Crippen molar-refractivity contribution in [2.24, 2.45) is 0 Å². The van der Waals surface area contributed by atoms with Gasteiger partial charge in [0, 0.05) is 26.6 Å². The molecule has 7 heteroatoms. The molecule has 1 aliphatic heterocycles. The van der Waals surface area contributed by atoms with Crippen LogP contribution >= 0.6 is 0 Å². The lowest BCUT2D eigenvalue weighted by Crippen LogP contribution is -2.49. The highest BCUT2D eigenvalue weighted by Crippen LogP contribution is 2.23. The molecule has 0 saturated heterocycles. The molecule has 2 aromatic carbocycles.